The number of hydrogen-bond acceptors (Lipinski definition) is 3. The molecule has 0 radical (unpaired) electrons. The highest BCUT2D eigenvalue weighted by molar-refractivity contribution is 5.73. The largest absolute Gasteiger partial charge is 0.462 e. The minimum atomic E-state index is -1.25. The van der Waals surface area contributed by atoms with E-state index in [1.807, 2.05) is 13.0 Å². The van der Waals surface area contributed by atoms with E-state index in [1.54, 1.807) is 0 Å². The minimum Gasteiger partial charge on any atom is -0.462 e. The second-order valence-corrected chi connectivity index (χ2v) is 6.33. The van der Waals surface area contributed by atoms with Crippen molar-refractivity contribution < 1.29 is 18.3 Å². The minimum absolute atomic E-state index is 0.0607. The van der Waals surface area contributed by atoms with Gasteiger partial charge in [-0.1, -0.05) is 13.3 Å². The second-order valence-electron chi connectivity index (χ2n) is 6.33. The Bertz CT molecular complexity index is 410. The Kier molecular flexibility index (Phi) is 5.55. The van der Waals surface area contributed by atoms with Crippen molar-refractivity contribution in [1.82, 2.24) is 0 Å². The molecule has 5 heteroatoms. The van der Waals surface area contributed by atoms with E-state index in [1.165, 1.54) is 0 Å². The quantitative estimate of drug-likeness (QED) is 0.746. The molecule has 0 saturated heterocycles. The number of rotatable bonds is 3. The fraction of sp³-hybridized carbons (Fsp3) is 0.875. The van der Waals surface area contributed by atoms with Crippen LogP contribution in [-0.2, 0) is 9.53 Å². The van der Waals surface area contributed by atoms with Gasteiger partial charge in [-0.15, -0.1) is 0 Å². The number of esters is 1. The first kappa shape index (κ1) is 16.2. The molecule has 0 heterocycles. The molecule has 6 atom stereocenters. The SMILES string of the molecule is CCC1CCC(C(=O)OC2CCC(C#N)C(F)C2)C(F)C1. The van der Waals surface area contributed by atoms with Gasteiger partial charge in [0, 0.05) is 6.42 Å². The van der Waals surface area contributed by atoms with Gasteiger partial charge in [0.1, 0.15) is 18.4 Å². The highest BCUT2D eigenvalue weighted by Crippen LogP contribution is 2.35. The maximum Gasteiger partial charge on any atom is 0.312 e. The van der Waals surface area contributed by atoms with Crippen molar-refractivity contribution in [2.45, 2.75) is 70.3 Å². The number of alkyl halides is 2. The molecule has 2 saturated carbocycles. The van der Waals surface area contributed by atoms with Crippen LogP contribution in [0.2, 0.25) is 0 Å². The lowest BCUT2D eigenvalue weighted by atomic mass is 9.79. The van der Waals surface area contributed by atoms with Gasteiger partial charge in [-0.2, -0.15) is 5.26 Å². The summed E-state index contributed by atoms with van der Waals surface area (Å²) in [6, 6.07) is 1.93. The summed E-state index contributed by atoms with van der Waals surface area (Å²) in [5, 5.41) is 8.77. The van der Waals surface area contributed by atoms with Gasteiger partial charge in [0.2, 0.25) is 0 Å². The summed E-state index contributed by atoms with van der Waals surface area (Å²) in [6.45, 7) is 2.03. The van der Waals surface area contributed by atoms with E-state index in [0.29, 0.717) is 31.6 Å². The fourth-order valence-corrected chi connectivity index (χ4v) is 3.42. The Balaban J connectivity index is 1.84. The predicted molar refractivity (Wildman–Crippen MR) is 73.7 cm³/mol. The van der Waals surface area contributed by atoms with Crippen molar-refractivity contribution in [3.8, 4) is 6.07 Å². The van der Waals surface area contributed by atoms with Gasteiger partial charge >= 0.3 is 5.97 Å². The molecule has 2 fully saturated rings. The van der Waals surface area contributed by atoms with Crippen molar-refractivity contribution in [2.75, 3.05) is 0 Å². The summed E-state index contributed by atoms with van der Waals surface area (Å²) in [7, 11) is 0. The van der Waals surface area contributed by atoms with Crippen LogP contribution in [0, 0.1) is 29.1 Å². The molecule has 2 aliphatic carbocycles. The van der Waals surface area contributed by atoms with Gasteiger partial charge < -0.3 is 4.74 Å². The number of halogens is 2. The normalized spacial score (nSPS) is 40.3. The third-order valence-electron chi connectivity index (χ3n) is 4.93. The molecule has 0 amide bonds. The van der Waals surface area contributed by atoms with Gasteiger partial charge in [0.05, 0.1) is 17.9 Å². The lowest BCUT2D eigenvalue weighted by Crippen LogP contribution is -2.37. The molecule has 0 spiro atoms. The Labute approximate surface area is 124 Å². The first-order valence-corrected chi connectivity index (χ1v) is 7.93. The number of ether oxygens (including phenoxy) is 1. The average Bonchev–Trinajstić information content (AvgIpc) is 2.47. The molecule has 6 unspecified atom stereocenters. The van der Waals surface area contributed by atoms with E-state index >= 15 is 0 Å². The zero-order valence-electron chi connectivity index (χ0n) is 12.4. The second kappa shape index (κ2) is 7.20. The van der Waals surface area contributed by atoms with E-state index in [9.17, 15) is 13.6 Å². The Morgan fingerprint density at radius 3 is 2.52 bits per heavy atom. The van der Waals surface area contributed by atoms with E-state index in [0.717, 1.165) is 12.8 Å². The standard InChI is InChI=1S/C16H23F2NO2/c1-2-10-3-6-13(15(18)7-10)16(20)21-12-5-4-11(9-19)14(17)8-12/h10-15H,2-8H2,1H3. The number of carbonyl (C=O) groups excluding carboxylic acids is 1. The summed E-state index contributed by atoms with van der Waals surface area (Å²) < 4.78 is 33.0. The summed E-state index contributed by atoms with van der Waals surface area (Å²) >= 11 is 0. The van der Waals surface area contributed by atoms with Crippen LogP contribution in [0.4, 0.5) is 8.78 Å². The Morgan fingerprint density at radius 1 is 1.19 bits per heavy atom. The maximum atomic E-state index is 14.1. The lowest BCUT2D eigenvalue weighted by Gasteiger charge is -2.32. The third kappa shape index (κ3) is 3.93. The van der Waals surface area contributed by atoms with Crippen LogP contribution in [0.5, 0.6) is 0 Å². The molecular formula is C16H23F2NO2. The van der Waals surface area contributed by atoms with Crippen molar-refractivity contribution >= 4 is 5.97 Å². The summed E-state index contributed by atoms with van der Waals surface area (Å²) in [5.74, 6) is -1.47. The summed E-state index contributed by atoms with van der Waals surface area (Å²) in [4.78, 5) is 12.1. The predicted octanol–water partition coefficient (Wildman–Crippen LogP) is 3.72. The van der Waals surface area contributed by atoms with Crippen molar-refractivity contribution in [3.05, 3.63) is 0 Å². The Morgan fingerprint density at radius 2 is 1.95 bits per heavy atom. The van der Waals surface area contributed by atoms with Crippen LogP contribution >= 0.6 is 0 Å². The van der Waals surface area contributed by atoms with E-state index < -0.39 is 36.3 Å². The number of nitriles is 1. The average molecular weight is 299 g/mol. The molecule has 0 aromatic heterocycles. The molecule has 118 valence electrons. The topological polar surface area (TPSA) is 50.1 Å². The lowest BCUT2D eigenvalue weighted by molar-refractivity contribution is -0.161. The molecular weight excluding hydrogens is 276 g/mol. The highest BCUT2D eigenvalue weighted by Gasteiger charge is 2.38. The number of carbonyl (C=O) groups is 1. The van der Waals surface area contributed by atoms with Crippen LogP contribution in [-0.4, -0.2) is 24.4 Å². The first-order valence-electron chi connectivity index (χ1n) is 7.93. The fourth-order valence-electron chi connectivity index (χ4n) is 3.42. The smallest absolute Gasteiger partial charge is 0.312 e. The van der Waals surface area contributed by atoms with E-state index in [-0.39, 0.29) is 6.42 Å². The zero-order chi connectivity index (χ0) is 15.4. The third-order valence-corrected chi connectivity index (χ3v) is 4.93. The molecule has 2 aliphatic rings. The van der Waals surface area contributed by atoms with Crippen LogP contribution in [0.1, 0.15) is 51.9 Å². The number of hydrogen-bond donors (Lipinski definition) is 0. The molecule has 2 rings (SSSR count). The molecule has 0 aromatic rings. The van der Waals surface area contributed by atoms with E-state index in [2.05, 4.69) is 0 Å². The van der Waals surface area contributed by atoms with Crippen molar-refractivity contribution in [3.63, 3.8) is 0 Å². The zero-order valence-corrected chi connectivity index (χ0v) is 12.4. The molecule has 0 bridgehead atoms. The molecule has 0 N–H and O–H groups in total. The van der Waals surface area contributed by atoms with Gasteiger partial charge in [-0.25, -0.2) is 8.78 Å². The molecule has 21 heavy (non-hydrogen) atoms. The van der Waals surface area contributed by atoms with E-state index in [4.69, 9.17) is 10.00 Å². The monoisotopic (exact) mass is 299 g/mol. The number of nitrogens with zero attached hydrogens (tertiary/aromatic N) is 1. The summed E-state index contributed by atoms with van der Waals surface area (Å²) in [6.07, 6.45) is 0.773. The first-order chi connectivity index (χ1) is 10.0. The van der Waals surface area contributed by atoms with Gasteiger partial charge in [-0.05, 0) is 38.0 Å². The van der Waals surface area contributed by atoms with Crippen LogP contribution in [0.3, 0.4) is 0 Å². The highest BCUT2D eigenvalue weighted by atomic mass is 19.1. The molecule has 0 aromatic carbocycles. The van der Waals surface area contributed by atoms with Gasteiger partial charge in [0.15, 0.2) is 0 Å². The van der Waals surface area contributed by atoms with Gasteiger partial charge in [0.25, 0.3) is 0 Å². The molecule has 0 aliphatic heterocycles. The van der Waals surface area contributed by atoms with Crippen molar-refractivity contribution in [2.24, 2.45) is 17.8 Å². The van der Waals surface area contributed by atoms with Crippen LogP contribution < -0.4 is 0 Å². The maximum absolute atomic E-state index is 14.1. The Hall–Kier alpha value is -1.18. The molecule has 3 nitrogen and oxygen atoms in total. The summed E-state index contributed by atoms with van der Waals surface area (Å²) in [5.41, 5.74) is 0. The van der Waals surface area contributed by atoms with Crippen LogP contribution in [0.25, 0.3) is 0 Å². The van der Waals surface area contributed by atoms with Crippen molar-refractivity contribution in [1.29, 1.82) is 5.26 Å². The van der Waals surface area contributed by atoms with Gasteiger partial charge in [-0.3, -0.25) is 4.79 Å². The van der Waals surface area contributed by atoms with Crippen LogP contribution in [0.15, 0.2) is 0 Å².